The zero-order valence-electron chi connectivity index (χ0n) is 18.6. The molecule has 8 heteroatoms. The van der Waals surface area contributed by atoms with Crippen molar-refractivity contribution in [2.75, 3.05) is 19.3 Å². The van der Waals surface area contributed by atoms with Crippen molar-refractivity contribution in [1.82, 2.24) is 0 Å². The molecule has 0 bridgehead atoms. The van der Waals surface area contributed by atoms with Crippen LogP contribution in [-0.2, 0) is 23.9 Å². The van der Waals surface area contributed by atoms with Crippen LogP contribution < -0.4 is 5.06 Å². The number of anilines is 1. The predicted octanol–water partition coefficient (Wildman–Crippen LogP) is 5.95. The van der Waals surface area contributed by atoms with Crippen molar-refractivity contribution >= 4 is 40.8 Å². The van der Waals surface area contributed by atoms with E-state index in [1.54, 1.807) is 18.2 Å². The Balaban J connectivity index is 1.99. The zero-order valence-corrected chi connectivity index (χ0v) is 20.1. The second kappa shape index (κ2) is 10.1. The van der Waals surface area contributed by atoms with Gasteiger partial charge >= 0.3 is 11.9 Å². The molecule has 0 aliphatic carbocycles. The number of hydroxylamine groups is 1. The lowest BCUT2D eigenvalue weighted by atomic mass is 9.70. The fraction of sp³-hybridized carbons (Fsp3) is 0.231. The van der Waals surface area contributed by atoms with E-state index in [1.165, 1.54) is 19.3 Å². The molecule has 4 rings (SSSR count). The first kappa shape index (κ1) is 24.1. The average Bonchev–Trinajstić information content (AvgIpc) is 2.89. The predicted molar refractivity (Wildman–Crippen MR) is 129 cm³/mol. The molecule has 1 fully saturated rings. The molecule has 3 aromatic carbocycles. The summed E-state index contributed by atoms with van der Waals surface area (Å²) in [4.78, 5) is 33.5. The second-order valence-corrected chi connectivity index (χ2v) is 8.72. The van der Waals surface area contributed by atoms with E-state index in [2.05, 4.69) is 0 Å². The second-order valence-electron chi connectivity index (χ2n) is 7.90. The number of carbonyl (C=O) groups is 2. The molecule has 0 N–H and O–H groups in total. The number of nitrogens with zero attached hydrogens (tertiary/aromatic N) is 1. The van der Waals surface area contributed by atoms with Crippen molar-refractivity contribution in [3.8, 4) is 0 Å². The smallest absolute Gasteiger partial charge is 0.325 e. The number of halogens is 2. The Morgan fingerprint density at radius 1 is 0.853 bits per heavy atom. The van der Waals surface area contributed by atoms with Crippen molar-refractivity contribution < 1.29 is 23.9 Å². The number of esters is 2. The minimum absolute atomic E-state index is 0.00768. The van der Waals surface area contributed by atoms with Crippen molar-refractivity contribution in [3.63, 3.8) is 0 Å². The van der Waals surface area contributed by atoms with Crippen LogP contribution in [0, 0.1) is 5.41 Å². The quantitative estimate of drug-likeness (QED) is 0.319. The number of rotatable bonds is 5. The van der Waals surface area contributed by atoms with Crippen molar-refractivity contribution in [3.05, 3.63) is 100 Å². The molecule has 0 spiro atoms. The van der Waals surface area contributed by atoms with E-state index in [0.29, 0.717) is 21.3 Å². The van der Waals surface area contributed by atoms with Crippen LogP contribution in [0.15, 0.2) is 78.9 Å². The number of hydrogen-bond acceptors (Lipinski definition) is 6. The molecule has 1 aliphatic heterocycles. The highest BCUT2D eigenvalue weighted by molar-refractivity contribution is 6.42. The summed E-state index contributed by atoms with van der Waals surface area (Å²) in [7, 11) is 2.51. The van der Waals surface area contributed by atoms with Gasteiger partial charge in [0.05, 0.1) is 30.0 Å². The molecule has 2 atom stereocenters. The summed E-state index contributed by atoms with van der Waals surface area (Å²) < 4.78 is 10.4. The fourth-order valence-corrected chi connectivity index (χ4v) is 4.70. The van der Waals surface area contributed by atoms with Gasteiger partial charge in [0.25, 0.3) is 0 Å². The van der Waals surface area contributed by atoms with Gasteiger partial charge in [-0.2, -0.15) is 0 Å². The summed E-state index contributed by atoms with van der Waals surface area (Å²) in [6.45, 7) is 0. The SMILES string of the molecule is COC(=O)C1(C(=O)OC)C[C@H](c2ccccc2)ON(c2ccc(Cl)c(Cl)c2)[C@@H]1c1ccccc1. The number of benzene rings is 3. The highest BCUT2D eigenvalue weighted by atomic mass is 35.5. The molecule has 0 amide bonds. The van der Waals surface area contributed by atoms with Crippen LogP contribution in [0.25, 0.3) is 0 Å². The first-order chi connectivity index (χ1) is 16.4. The third kappa shape index (κ3) is 4.25. The van der Waals surface area contributed by atoms with Crippen LogP contribution >= 0.6 is 23.2 Å². The van der Waals surface area contributed by atoms with Crippen LogP contribution in [0.1, 0.15) is 29.7 Å². The van der Waals surface area contributed by atoms with Gasteiger partial charge in [-0.3, -0.25) is 14.4 Å². The highest BCUT2D eigenvalue weighted by Gasteiger charge is 2.62. The van der Waals surface area contributed by atoms with Gasteiger partial charge in [-0.25, -0.2) is 5.06 Å². The van der Waals surface area contributed by atoms with Gasteiger partial charge in [0.2, 0.25) is 0 Å². The van der Waals surface area contributed by atoms with E-state index in [-0.39, 0.29) is 6.42 Å². The lowest BCUT2D eigenvalue weighted by Gasteiger charge is -2.49. The third-order valence-corrected chi connectivity index (χ3v) is 6.73. The maximum absolute atomic E-state index is 13.5. The van der Waals surface area contributed by atoms with Crippen LogP contribution in [0.5, 0.6) is 0 Å². The number of carbonyl (C=O) groups excluding carboxylic acids is 2. The monoisotopic (exact) mass is 499 g/mol. The van der Waals surface area contributed by atoms with Crippen molar-refractivity contribution in [2.45, 2.75) is 18.6 Å². The van der Waals surface area contributed by atoms with E-state index in [4.69, 9.17) is 37.5 Å². The minimum atomic E-state index is -1.74. The Morgan fingerprint density at radius 2 is 1.41 bits per heavy atom. The lowest BCUT2D eigenvalue weighted by Crippen LogP contribution is -2.56. The molecule has 3 aromatic rings. The number of hydrogen-bond donors (Lipinski definition) is 0. The Labute approximate surface area is 207 Å². The fourth-order valence-electron chi connectivity index (χ4n) is 4.41. The summed E-state index contributed by atoms with van der Waals surface area (Å²) in [5, 5.41) is 2.20. The Morgan fingerprint density at radius 3 is 1.94 bits per heavy atom. The maximum atomic E-state index is 13.5. The van der Waals surface area contributed by atoms with Crippen LogP contribution in [-0.4, -0.2) is 26.2 Å². The summed E-state index contributed by atoms with van der Waals surface area (Å²) in [5.41, 5.74) is 0.226. The highest BCUT2D eigenvalue weighted by Crippen LogP contribution is 2.54. The minimum Gasteiger partial charge on any atom is -0.468 e. The number of methoxy groups -OCH3 is 2. The molecular weight excluding hydrogens is 477 g/mol. The average molecular weight is 500 g/mol. The largest absolute Gasteiger partial charge is 0.468 e. The first-order valence-electron chi connectivity index (χ1n) is 10.6. The van der Waals surface area contributed by atoms with Gasteiger partial charge in [0.1, 0.15) is 12.1 Å². The van der Waals surface area contributed by atoms with Gasteiger partial charge in [0, 0.05) is 6.42 Å². The van der Waals surface area contributed by atoms with Crippen molar-refractivity contribution in [1.29, 1.82) is 0 Å². The molecule has 0 radical (unpaired) electrons. The third-order valence-electron chi connectivity index (χ3n) is 5.99. The maximum Gasteiger partial charge on any atom is 0.325 e. The molecule has 0 saturated carbocycles. The summed E-state index contributed by atoms with van der Waals surface area (Å²) >= 11 is 12.5. The summed E-state index contributed by atoms with van der Waals surface area (Å²) in [6, 6.07) is 22.6. The van der Waals surface area contributed by atoms with Crippen LogP contribution in [0.3, 0.4) is 0 Å². The standard InChI is InChI=1S/C26H23Cl2NO5/c1-32-24(30)26(25(31)33-2)16-22(17-9-5-3-6-10-17)34-29(19-13-14-20(27)21(28)15-19)23(26)18-11-7-4-8-12-18/h3-15,22-23H,16H2,1-2H3/t22-,23-/m1/s1. The molecule has 0 aromatic heterocycles. The lowest BCUT2D eigenvalue weighted by molar-refractivity contribution is -0.186. The Bertz CT molecular complexity index is 1160. The molecule has 0 unspecified atom stereocenters. The molecule has 6 nitrogen and oxygen atoms in total. The normalized spacial score (nSPS) is 19.4. The number of ether oxygens (including phenoxy) is 2. The Hall–Kier alpha value is -3.06. The van der Waals surface area contributed by atoms with E-state index < -0.39 is 29.5 Å². The van der Waals surface area contributed by atoms with E-state index in [9.17, 15) is 9.59 Å². The van der Waals surface area contributed by atoms with Crippen LogP contribution in [0.4, 0.5) is 5.69 Å². The molecule has 1 saturated heterocycles. The van der Waals surface area contributed by atoms with Gasteiger partial charge in [-0.15, -0.1) is 0 Å². The molecule has 1 heterocycles. The van der Waals surface area contributed by atoms with Gasteiger partial charge in [-0.1, -0.05) is 83.9 Å². The Kier molecular flexibility index (Phi) is 7.12. The van der Waals surface area contributed by atoms with Gasteiger partial charge in [0.15, 0.2) is 5.41 Å². The molecule has 34 heavy (non-hydrogen) atoms. The molecule has 176 valence electrons. The van der Waals surface area contributed by atoms with E-state index in [1.807, 2.05) is 60.7 Å². The van der Waals surface area contributed by atoms with Gasteiger partial charge < -0.3 is 9.47 Å². The first-order valence-corrected chi connectivity index (χ1v) is 11.4. The molecular formula is C26H23Cl2NO5. The zero-order chi connectivity index (χ0) is 24.3. The van der Waals surface area contributed by atoms with Crippen LogP contribution in [0.2, 0.25) is 10.0 Å². The van der Waals surface area contributed by atoms with E-state index in [0.717, 1.165) is 5.56 Å². The topological polar surface area (TPSA) is 65.1 Å². The van der Waals surface area contributed by atoms with Gasteiger partial charge in [-0.05, 0) is 29.3 Å². The van der Waals surface area contributed by atoms with E-state index >= 15 is 0 Å². The molecule has 1 aliphatic rings. The van der Waals surface area contributed by atoms with Crippen molar-refractivity contribution in [2.24, 2.45) is 5.41 Å². The summed E-state index contributed by atoms with van der Waals surface area (Å²) in [5.74, 6) is -1.44. The summed E-state index contributed by atoms with van der Waals surface area (Å²) in [6.07, 6.45) is -0.651.